The van der Waals surface area contributed by atoms with Gasteiger partial charge in [0.2, 0.25) is 12.7 Å². The number of ether oxygens (including phenoxy) is 2. The van der Waals surface area contributed by atoms with E-state index in [2.05, 4.69) is 0 Å². The Morgan fingerprint density at radius 3 is 2.67 bits per heavy atom. The molecular formula is C15H15NO7S. The lowest BCUT2D eigenvalue weighted by Gasteiger charge is -2.40. The van der Waals surface area contributed by atoms with Crippen molar-refractivity contribution in [3.05, 3.63) is 23.3 Å². The highest BCUT2D eigenvalue weighted by Crippen LogP contribution is 2.44. The van der Waals surface area contributed by atoms with Gasteiger partial charge in [-0.05, 0) is 24.1 Å². The summed E-state index contributed by atoms with van der Waals surface area (Å²) < 4.78 is 38.3. The highest BCUT2D eigenvalue weighted by atomic mass is 32.2. The number of nitrogens with zero attached hydrogens (tertiary/aromatic N) is 1. The molecule has 3 aliphatic heterocycles. The van der Waals surface area contributed by atoms with E-state index in [1.807, 2.05) is 0 Å². The maximum absolute atomic E-state index is 13.1. The molecule has 3 aliphatic rings. The molecule has 1 amide bonds. The molecule has 9 heteroatoms. The summed E-state index contributed by atoms with van der Waals surface area (Å²) in [6, 6.07) is 3.30. The van der Waals surface area contributed by atoms with Gasteiger partial charge in [0.1, 0.15) is 5.54 Å². The number of carbonyl (C=O) groups excluding carboxylic acids is 2. The summed E-state index contributed by atoms with van der Waals surface area (Å²) in [4.78, 5) is 26.8. The van der Waals surface area contributed by atoms with Crippen LogP contribution in [0.4, 0.5) is 0 Å². The predicted octanol–water partition coefficient (Wildman–Crippen LogP) is 0.449. The quantitative estimate of drug-likeness (QED) is 0.727. The second-order valence-corrected chi connectivity index (χ2v) is 7.81. The first-order chi connectivity index (χ1) is 11.3. The van der Waals surface area contributed by atoms with E-state index < -0.39 is 15.7 Å². The van der Waals surface area contributed by atoms with Crippen molar-refractivity contribution in [2.75, 3.05) is 19.7 Å². The fraction of sp³-hybridized carbons (Fsp3) is 0.467. The first-order valence-electron chi connectivity index (χ1n) is 7.42. The summed E-state index contributed by atoms with van der Waals surface area (Å²) in [6.45, 7) is -0.0780. The third kappa shape index (κ3) is 2.19. The van der Waals surface area contributed by atoms with Crippen LogP contribution in [-0.4, -0.2) is 50.2 Å². The maximum atomic E-state index is 13.1. The minimum absolute atomic E-state index is 0.0807. The molecule has 24 heavy (non-hydrogen) atoms. The number of amides is 1. The van der Waals surface area contributed by atoms with Crippen LogP contribution in [0, 0.1) is 0 Å². The molecular weight excluding hydrogens is 338 g/mol. The van der Waals surface area contributed by atoms with Crippen molar-refractivity contribution in [3.63, 3.8) is 0 Å². The Morgan fingerprint density at radius 1 is 1.25 bits per heavy atom. The smallest absolute Gasteiger partial charge is 0.264 e. The van der Waals surface area contributed by atoms with Gasteiger partial charge in [-0.15, -0.1) is 0 Å². The molecule has 0 bridgehead atoms. The number of ketones is 1. The number of carbonyl (C=O) groups is 2. The minimum atomic E-state index is -3.73. The minimum Gasteiger partial charge on any atom is -0.454 e. The van der Waals surface area contributed by atoms with E-state index >= 15 is 0 Å². The van der Waals surface area contributed by atoms with Gasteiger partial charge in [0.25, 0.3) is 10.1 Å². The van der Waals surface area contributed by atoms with E-state index in [-0.39, 0.29) is 44.5 Å². The highest BCUT2D eigenvalue weighted by Gasteiger charge is 2.55. The molecule has 128 valence electrons. The first-order valence-corrected chi connectivity index (χ1v) is 9.24. The van der Waals surface area contributed by atoms with E-state index in [4.69, 9.17) is 13.7 Å². The van der Waals surface area contributed by atoms with E-state index in [9.17, 15) is 18.0 Å². The van der Waals surface area contributed by atoms with E-state index in [1.54, 1.807) is 12.1 Å². The number of hydrogen-bond acceptors (Lipinski definition) is 7. The van der Waals surface area contributed by atoms with Gasteiger partial charge in [-0.3, -0.25) is 13.8 Å². The zero-order valence-electron chi connectivity index (χ0n) is 12.9. The second kappa shape index (κ2) is 4.93. The summed E-state index contributed by atoms with van der Waals surface area (Å²) in [5.74, 6) is 0.493. The number of rotatable bonds is 3. The van der Waals surface area contributed by atoms with Crippen LogP contribution < -0.4 is 9.47 Å². The van der Waals surface area contributed by atoms with E-state index in [0.29, 0.717) is 22.6 Å². The predicted molar refractivity (Wildman–Crippen MR) is 80.2 cm³/mol. The largest absolute Gasteiger partial charge is 0.454 e. The number of hydrogen-bond donors (Lipinski definition) is 0. The zero-order chi connectivity index (χ0) is 17.1. The van der Waals surface area contributed by atoms with Gasteiger partial charge < -0.3 is 14.4 Å². The fourth-order valence-corrected chi connectivity index (χ4v) is 3.87. The maximum Gasteiger partial charge on any atom is 0.264 e. The Balaban J connectivity index is 1.79. The summed E-state index contributed by atoms with van der Waals surface area (Å²) in [7, 11) is -3.73. The molecule has 4 rings (SSSR count). The number of fused-ring (bicyclic) bond motifs is 3. The van der Waals surface area contributed by atoms with Gasteiger partial charge in [0.15, 0.2) is 17.3 Å². The molecule has 0 aromatic heterocycles. The molecule has 3 heterocycles. The van der Waals surface area contributed by atoms with Crippen LogP contribution in [0.2, 0.25) is 0 Å². The average molecular weight is 353 g/mol. The van der Waals surface area contributed by atoms with Crippen molar-refractivity contribution in [1.29, 1.82) is 0 Å². The van der Waals surface area contributed by atoms with Gasteiger partial charge in [-0.1, -0.05) is 0 Å². The van der Waals surface area contributed by atoms with Crippen LogP contribution >= 0.6 is 0 Å². The highest BCUT2D eigenvalue weighted by molar-refractivity contribution is 7.85. The molecule has 0 N–H and O–H groups in total. The summed E-state index contributed by atoms with van der Waals surface area (Å²) in [6.07, 6.45) is 1.33. The third-order valence-corrected chi connectivity index (χ3v) is 5.22. The van der Waals surface area contributed by atoms with Crippen molar-refractivity contribution in [1.82, 2.24) is 4.90 Å². The Labute approximate surface area is 138 Å². The molecule has 1 saturated heterocycles. The molecule has 1 fully saturated rings. The molecule has 0 spiro atoms. The molecule has 1 atom stereocenters. The lowest BCUT2D eigenvalue weighted by atomic mass is 9.81. The lowest BCUT2D eigenvalue weighted by Crippen LogP contribution is -2.57. The van der Waals surface area contributed by atoms with Gasteiger partial charge in [-0.25, -0.2) is 0 Å². The standard InChI is InChI=1S/C15H15NO7S/c1-24(19,20)23-7-15-3-2-13(17)16(15)6-9-4-11-12(22-8-21-11)5-10(9)14(15)18/h4-5H,2-3,6-8H2,1H3. The Kier molecular flexibility index (Phi) is 3.17. The molecule has 0 radical (unpaired) electrons. The van der Waals surface area contributed by atoms with Crippen molar-refractivity contribution >= 4 is 21.8 Å². The second-order valence-electron chi connectivity index (χ2n) is 6.17. The Bertz CT molecular complexity index is 863. The molecule has 0 aliphatic carbocycles. The molecule has 1 unspecified atom stereocenters. The van der Waals surface area contributed by atoms with Crippen molar-refractivity contribution in [2.24, 2.45) is 0 Å². The Hall–Kier alpha value is -2.13. The van der Waals surface area contributed by atoms with Crippen LogP contribution in [-0.2, 0) is 25.6 Å². The van der Waals surface area contributed by atoms with Crippen molar-refractivity contribution in [2.45, 2.75) is 24.9 Å². The van der Waals surface area contributed by atoms with Gasteiger partial charge >= 0.3 is 0 Å². The zero-order valence-corrected chi connectivity index (χ0v) is 13.7. The number of benzene rings is 1. The van der Waals surface area contributed by atoms with Crippen LogP contribution in [0.1, 0.15) is 28.8 Å². The van der Waals surface area contributed by atoms with Crippen LogP contribution in [0.3, 0.4) is 0 Å². The summed E-state index contributed by atoms with van der Waals surface area (Å²) in [5.41, 5.74) is -0.197. The van der Waals surface area contributed by atoms with Gasteiger partial charge in [0.05, 0.1) is 12.9 Å². The van der Waals surface area contributed by atoms with Crippen molar-refractivity contribution < 1.29 is 31.7 Å². The van der Waals surface area contributed by atoms with Crippen molar-refractivity contribution in [3.8, 4) is 11.5 Å². The summed E-state index contributed by atoms with van der Waals surface area (Å²) in [5, 5.41) is 0. The van der Waals surface area contributed by atoms with E-state index in [1.165, 1.54) is 4.90 Å². The third-order valence-electron chi connectivity index (χ3n) is 4.68. The average Bonchev–Trinajstić information content (AvgIpc) is 3.09. The first kappa shape index (κ1) is 15.4. The molecule has 0 saturated carbocycles. The molecule has 1 aromatic carbocycles. The number of Topliss-reactive ketones (excluding diaryl/α,β-unsaturated/α-hetero) is 1. The van der Waals surface area contributed by atoms with Crippen LogP contribution in [0.5, 0.6) is 11.5 Å². The van der Waals surface area contributed by atoms with E-state index in [0.717, 1.165) is 6.26 Å². The summed E-state index contributed by atoms with van der Waals surface area (Å²) >= 11 is 0. The Morgan fingerprint density at radius 2 is 1.96 bits per heavy atom. The van der Waals surface area contributed by atoms with Crippen LogP contribution in [0.15, 0.2) is 12.1 Å². The monoisotopic (exact) mass is 353 g/mol. The van der Waals surface area contributed by atoms with Gasteiger partial charge in [-0.2, -0.15) is 8.42 Å². The lowest BCUT2D eigenvalue weighted by molar-refractivity contribution is -0.132. The normalized spacial score (nSPS) is 25.0. The topological polar surface area (TPSA) is 99.2 Å². The van der Waals surface area contributed by atoms with Gasteiger partial charge in [0, 0.05) is 18.5 Å². The SMILES string of the molecule is CS(=O)(=O)OCC12CCC(=O)N1Cc1cc3c(cc1C2=O)OCO3. The fourth-order valence-electron chi connectivity index (χ4n) is 3.47. The molecule has 8 nitrogen and oxygen atoms in total. The molecule has 1 aromatic rings. The van der Waals surface area contributed by atoms with Crippen LogP contribution in [0.25, 0.3) is 0 Å².